The van der Waals surface area contributed by atoms with Crippen LogP contribution in [-0.4, -0.2) is 18.5 Å². The Kier molecular flexibility index (Phi) is 5.68. The molecule has 0 unspecified atom stereocenters. The van der Waals surface area contributed by atoms with Crippen LogP contribution in [0.1, 0.15) is 18.5 Å². The third kappa shape index (κ3) is 5.03. The lowest BCUT2D eigenvalue weighted by atomic mass is 10.1. The molecule has 0 aliphatic rings. The van der Waals surface area contributed by atoms with Gasteiger partial charge in [0.25, 0.3) is 5.91 Å². The standard InChI is InChI=1S/C17H19N3O2/c1-13(14-8-4-2-5-9-14)18-12-16(21)20-17(22)19-15-10-6-3-7-11-15/h2-11,13,18H,12H2,1H3,(H2,19,20,21,22)/p+1/t13-/m1/s1. The zero-order valence-electron chi connectivity index (χ0n) is 12.5. The van der Waals surface area contributed by atoms with Crippen molar-refractivity contribution in [2.75, 3.05) is 11.9 Å². The first kappa shape index (κ1) is 15.7. The van der Waals surface area contributed by atoms with E-state index in [-0.39, 0.29) is 18.5 Å². The predicted octanol–water partition coefficient (Wildman–Crippen LogP) is 1.66. The van der Waals surface area contributed by atoms with E-state index in [4.69, 9.17) is 0 Å². The van der Waals surface area contributed by atoms with E-state index in [2.05, 4.69) is 10.6 Å². The van der Waals surface area contributed by atoms with E-state index in [0.717, 1.165) is 5.56 Å². The molecular weight excluding hydrogens is 278 g/mol. The number of rotatable bonds is 5. The Hall–Kier alpha value is -2.66. The lowest BCUT2D eigenvalue weighted by molar-refractivity contribution is -0.682. The second-order valence-corrected chi connectivity index (χ2v) is 5.01. The van der Waals surface area contributed by atoms with Crippen molar-refractivity contribution >= 4 is 17.6 Å². The van der Waals surface area contributed by atoms with Crippen LogP contribution in [0.3, 0.4) is 0 Å². The predicted molar refractivity (Wildman–Crippen MR) is 85.3 cm³/mol. The van der Waals surface area contributed by atoms with E-state index >= 15 is 0 Å². The fourth-order valence-corrected chi connectivity index (χ4v) is 2.04. The Morgan fingerprint density at radius 3 is 2.23 bits per heavy atom. The van der Waals surface area contributed by atoms with Crippen LogP contribution in [0.25, 0.3) is 0 Å². The van der Waals surface area contributed by atoms with E-state index in [1.807, 2.05) is 60.8 Å². The average Bonchev–Trinajstić information content (AvgIpc) is 2.54. The number of imide groups is 1. The van der Waals surface area contributed by atoms with Gasteiger partial charge in [0.2, 0.25) is 0 Å². The minimum Gasteiger partial charge on any atom is -0.333 e. The summed E-state index contributed by atoms with van der Waals surface area (Å²) in [4.78, 5) is 23.5. The molecule has 114 valence electrons. The molecule has 0 aliphatic heterocycles. The summed E-state index contributed by atoms with van der Waals surface area (Å²) in [6.45, 7) is 2.21. The summed E-state index contributed by atoms with van der Waals surface area (Å²) in [7, 11) is 0. The van der Waals surface area contributed by atoms with Crippen LogP contribution in [0.4, 0.5) is 10.5 Å². The number of amides is 3. The number of nitrogens with two attached hydrogens (primary N) is 1. The van der Waals surface area contributed by atoms with Gasteiger partial charge in [-0.1, -0.05) is 48.5 Å². The number of nitrogens with one attached hydrogen (secondary N) is 2. The lowest BCUT2D eigenvalue weighted by Gasteiger charge is -2.11. The highest BCUT2D eigenvalue weighted by Gasteiger charge is 2.13. The minimum absolute atomic E-state index is 0.157. The van der Waals surface area contributed by atoms with Gasteiger partial charge in [-0.15, -0.1) is 0 Å². The number of hydrogen-bond donors (Lipinski definition) is 3. The molecule has 5 nitrogen and oxygen atoms in total. The third-order valence-electron chi connectivity index (χ3n) is 3.27. The van der Waals surface area contributed by atoms with Crippen LogP contribution in [0.2, 0.25) is 0 Å². The molecular formula is C17H20N3O2+. The first-order valence-electron chi connectivity index (χ1n) is 7.19. The number of anilines is 1. The summed E-state index contributed by atoms with van der Waals surface area (Å²) >= 11 is 0. The van der Waals surface area contributed by atoms with Crippen molar-refractivity contribution in [3.05, 3.63) is 66.2 Å². The van der Waals surface area contributed by atoms with Gasteiger partial charge in [0.15, 0.2) is 6.54 Å². The van der Waals surface area contributed by atoms with Gasteiger partial charge in [-0.2, -0.15) is 0 Å². The van der Waals surface area contributed by atoms with E-state index in [1.165, 1.54) is 0 Å². The molecule has 0 bridgehead atoms. The molecule has 2 aromatic carbocycles. The Labute approximate surface area is 129 Å². The Morgan fingerprint density at radius 2 is 1.59 bits per heavy atom. The topological polar surface area (TPSA) is 74.8 Å². The highest BCUT2D eigenvalue weighted by atomic mass is 16.2. The number of carbonyl (C=O) groups excluding carboxylic acids is 2. The summed E-state index contributed by atoms with van der Waals surface area (Å²) in [6, 6.07) is 18.6. The fourth-order valence-electron chi connectivity index (χ4n) is 2.04. The summed E-state index contributed by atoms with van der Waals surface area (Å²) in [5.41, 5.74) is 1.79. The van der Waals surface area contributed by atoms with Crippen molar-refractivity contribution in [2.24, 2.45) is 0 Å². The van der Waals surface area contributed by atoms with Crippen molar-refractivity contribution in [1.82, 2.24) is 5.32 Å². The fraction of sp³-hybridized carbons (Fsp3) is 0.176. The molecule has 0 heterocycles. The number of benzene rings is 2. The molecule has 0 aromatic heterocycles. The van der Waals surface area contributed by atoms with Crippen LogP contribution in [-0.2, 0) is 4.79 Å². The molecule has 0 radical (unpaired) electrons. The Morgan fingerprint density at radius 1 is 1.00 bits per heavy atom. The van der Waals surface area contributed by atoms with Gasteiger partial charge in [-0.05, 0) is 19.1 Å². The molecule has 2 rings (SSSR count). The zero-order valence-corrected chi connectivity index (χ0v) is 12.5. The highest BCUT2D eigenvalue weighted by molar-refractivity contribution is 6.01. The van der Waals surface area contributed by atoms with Crippen molar-refractivity contribution in [2.45, 2.75) is 13.0 Å². The molecule has 0 saturated carbocycles. The monoisotopic (exact) mass is 298 g/mol. The van der Waals surface area contributed by atoms with Gasteiger partial charge >= 0.3 is 6.03 Å². The second kappa shape index (κ2) is 7.95. The number of carbonyl (C=O) groups is 2. The lowest BCUT2D eigenvalue weighted by Crippen LogP contribution is -2.87. The van der Waals surface area contributed by atoms with Crippen molar-refractivity contribution < 1.29 is 14.9 Å². The maximum atomic E-state index is 11.8. The van der Waals surface area contributed by atoms with Crippen LogP contribution in [0.15, 0.2) is 60.7 Å². The van der Waals surface area contributed by atoms with Gasteiger partial charge < -0.3 is 10.6 Å². The quantitative estimate of drug-likeness (QED) is 0.785. The molecule has 0 aliphatic carbocycles. The minimum atomic E-state index is -0.517. The first-order chi connectivity index (χ1) is 10.6. The van der Waals surface area contributed by atoms with Crippen LogP contribution >= 0.6 is 0 Å². The molecule has 0 saturated heterocycles. The smallest absolute Gasteiger partial charge is 0.326 e. The van der Waals surface area contributed by atoms with E-state index in [0.29, 0.717) is 5.69 Å². The first-order valence-corrected chi connectivity index (χ1v) is 7.19. The number of urea groups is 1. The van der Waals surface area contributed by atoms with Gasteiger partial charge in [0.1, 0.15) is 6.04 Å². The number of quaternary nitrogens is 1. The Bertz CT molecular complexity index is 614. The molecule has 2 aromatic rings. The zero-order chi connectivity index (χ0) is 15.8. The molecule has 3 amide bonds. The van der Waals surface area contributed by atoms with Crippen LogP contribution < -0.4 is 16.0 Å². The van der Waals surface area contributed by atoms with Gasteiger partial charge in [-0.25, -0.2) is 4.79 Å². The Balaban J connectivity index is 1.75. The maximum absolute atomic E-state index is 11.8. The molecule has 0 fully saturated rings. The van der Waals surface area contributed by atoms with E-state index in [1.54, 1.807) is 12.1 Å². The molecule has 0 spiro atoms. The third-order valence-corrected chi connectivity index (χ3v) is 3.27. The molecule has 22 heavy (non-hydrogen) atoms. The van der Waals surface area contributed by atoms with E-state index < -0.39 is 6.03 Å². The average molecular weight is 298 g/mol. The summed E-state index contributed by atoms with van der Waals surface area (Å²) < 4.78 is 0. The van der Waals surface area contributed by atoms with Crippen LogP contribution in [0, 0.1) is 0 Å². The van der Waals surface area contributed by atoms with Gasteiger partial charge in [-0.3, -0.25) is 10.1 Å². The van der Waals surface area contributed by atoms with Crippen molar-refractivity contribution in [3.8, 4) is 0 Å². The molecule has 4 N–H and O–H groups in total. The molecule has 5 heteroatoms. The van der Waals surface area contributed by atoms with Gasteiger partial charge in [0.05, 0.1) is 0 Å². The van der Waals surface area contributed by atoms with Crippen molar-refractivity contribution in [3.63, 3.8) is 0 Å². The number of para-hydroxylation sites is 1. The normalized spacial score (nSPS) is 11.5. The summed E-state index contributed by atoms with van der Waals surface area (Å²) in [5.74, 6) is -0.323. The van der Waals surface area contributed by atoms with Crippen LogP contribution in [0.5, 0.6) is 0 Å². The van der Waals surface area contributed by atoms with E-state index in [9.17, 15) is 9.59 Å². The maximum Gasteiger partial charge on any atom is 0.326 e. The highest BCUT2D eigenvalue weighted by Crippen LogP contribution is 2.06. The molecule has 1 atom stereocenters. The SMILES string of the molecule is C[C@@H]([NH2+]CC(=O)NC(=O)Nc1ccccc1)c1ccccc1. The largest absolute Gasteiger partial charge is 0.333 e. The van der Waals surface area contributed by atoms with Gasteiger partial charge in [0, 0.05) is 11.3 Å². The second-order valence-electron chi connectivity index (χ2n) is 5.01. The summed E-state index contributed by atoms with van der Waals surface area (Å²) in [6.07, 6.45) is 0. The van der Waals surface area contributed by atoms with Crippen molar-refractivity contribution in [1.29, 1.82) is 0 Å². The summed E-state index contributed by atoms with van der Waals surface area (Å²) in [5, 5.41) is 6.81. The number of hydrogen-bond acceptors (Lipinski definition) is 2.